The number of ether oxygens (including phenoxy) is 1. The first-order chi connectivity index (χ1) is 8.59. The van der Waals surface area contributed by atoms with Crippen LogP contribution in [0.25, 0.3) is 0 Å². The standard InChI is InChI=1S/C13H25N3O2.2ClH/c1-11-9-15(2)5-6-16(11)12(17)13(10-14)3-7-18-8-4-13;;/h11H,3-10,14H2,1-2H3;2*1H. The van der Waals surface area contributed by atoms with Gasteiger partial charge in [0.1, 0.15) is 0 Å². The first-order valence-corrected chi connectivity index (χ1v) is 6.86. The molecule has 0 saturated carbocycles. The lowest BCUT2D eigenvalue weighted by molar-refractivity contribution is -0.151. The van der Waals surface area contributed by atoms with Gasteiger partial charge in [-0.15, -0.1) is 24.8 Å². The molecule has 120 valence electrons. The quantitative estimate of drug-likeness (QED) is 0.813. The van der Waals surface area contributed by atoms with E-state index in [0.29, 0.717) is 19.8 Å². The molecule has 2 aliphatic rings. The number of halogens is 2. The van der Waals surface area contributed by atoms with Crippen molar-refractivity contribution < 1.29 is 9.53 Å². The van der Waals surface area contributed by atoms with Gasteiger partial charge in [-0.1, -0.05) is 0 Å². The Morgan fingerprint density at radius 2 is 1.90 bits per heavy atom. The number of nitrogens with two attached hydrogens (primary N) is 1. The van der Waals surface area contributed by atoms with Crippen LogP contribution < -0.4 is 5.73 Å². The molecule has 0 aromatic heterocycles. The fourth-order valence-corrected chi connectivity index (χ4v) is 3.01. The highest BCUT2D eigenvalue weighted by molar-refractivity contribution is 5.85. The van der Waals surface area contributed by atoms with Crippen molar-refractivity contribution in [3.8, 4) is 0 Å². The van der Waals surface area contributed by atoms with Crippen LogP contribution >= 0.6 is 24.8 Å². The van der Waals surface area contributed by atoms with Gasteiger partial charge in [-0.05, 0) is 26.8 Å². The predicted molar refractivity (Wildman–Crippen MR) is 84.7 cm³/mol. The van der Waals surface area contributed by atoms with E-state index in [0.717, 1.165) is 32.5 Å². The Hall–Kier alpha value is -0.0700. The number of hydrogen-bond acceptors (Lipinski definition) is 4. The van der Waals surface area contributed by atoms with Crippen molar-refractivity contribution >= 4 is 30.7 Å². The lowest BCUT2D eigenvalue weighted by atomic mass is 9.78. The molecule has 0 radical (unpaired) electrons. The van der Waals surface area contributed by atoms with Crippen LogP contribution in [-0.4, -0.2) is 68.2 Å². The van der Waals surface area contributed by atoms with Crippen molar-refractivity contribution in [3.63, 3.8) is 0 Å². The summed E-state index contributed by atoms with van der Waals surface area (Å²) in [4.78, 5) is 17.1. The SMILES string of the molecule is CC1CN(C)CCN1C(=O)C1(CN)CCOCC1.Cl.Cl. The molecule has 2 N–H and O–H groups in total. The van der Waals surface area contributed by atoms with Crippen LogP contribution in [0.1, 0.15) is 19.8 Å². The second-order valence-electron chi connectivity index (χ2n) is 5.71. The summed E-state index contributed by atoms with van der Waals surface area (Å²) in [6.45, 7) is 6.59. The van der Waals surface area contributed by atoms with Crippen LogP contribution in [-0.2, 0) is 9.53 Å². The Labute approximate surface area is 134 Å². The number of likely N-dealkylation sites (N-methyl/N-ethyl adjacent to an activating group) is 1. The third-order valence-corrected chi connectivity index (χ3v) is 4.39. The third kappa shape index (κ3) is 3.98. The number of carbonyl (C=O) groups is 1. The summed E-state index contributed by atoms with van der Waals surface area (Å²) in [6.07, 6.45) is 1.53. The molecule has 20 heavy (non-hydrogen) atoms. The van der Waals surface area contributed by atoms with Gasteiger partial charge in [0, 0.05) is 45.4 Å². The Balaban J connectivity index is 0.00000180. The first kappa shape index (κ1) is 19.9. The number of carbonyl (C=O) groups excluding carboxylic acids is 1. The van der Waals surface area contributed by atoms with Gasteiger partial charge < -0.3 is 20.3 Å². The molecule has 0 aromatic carbocycles. The average molecular weight is 328 g/mol. The summed E-state index contributed by atoms with van der Waals surface area (Å²) in [7, 11) is 2.10. The number of piperazine rings is 1. The van der Waals surface area contributed by atoms with Crippen LogP contribution in [0.4, 0.5) is 0 Å². The van der Waals surface area contributed by atoms with Crippen molar-refractivity contribution in [2.45, 2.75) is 25.8 Å². The fraction of sp³-hybridized carbons (Fsp3) is 0.923. The van der Waals surface area contributed by atoms with Crippen LogP contribution in [0.5, 0.6) is 0 Å². The van der Waals surface area contributed by atoms with E-state index in [1.54, 1.807) is 0 Å². The normalized spacial score (nSPS) is 26.4. The molecule has 1 unspecified atom stereocenters. The Morgan fingerprint density at radius 1 is 1.30 bits per heavy atom. The number of nitrogens with zero attached hydrogens (tertiary/aromatic N) is 2. The zero-order valence-electron chi connectivity index (χ0n) is 12.3. The van der Waals surface area contributed by atoms with Crippen LogP contribution in [0.3, 0.4) is 0 Å². The monoisotopic (exact) mass is 327 g/mol. The number of amides is 1. The number of rotatable bonds is 2. The Morgan fingerprint density at radius 3 is 2.40 bits per heavy atom. The summed E-state index contributed by atoms with van der Waals surface area (Å²) in [6, 6.07) is 0.280. The molecular weight excluding hydrogens is 301 g/mol. The van der Waals surface area contributed by atoms with E-state index < -0.39 is 0 Å². The molecule has 1 amide bonds. The van der Waals surface area contributed by atoms with E-state index in [-0.39, 0.29) is 42.2 Å². The minimum absolute atomic E-state index is 0. The lowest BCUT2D eigenvalue weighted by Gasteiger charge is -2.44. The van der Waals surface area contributed by atoms with Crippen LogP contribution in [0, 0.1) is 5.41 Å². The lowest BCUT2D eigenvalue weighted by Crippen LogP contribution is -2.59. The molecule has 2 rings (SSSR count). The highest BCUT2D eigenvalue weighted by atomic mass is 35.5. The zero-order chi connectivity index (χ0) is 13.2. The second kappa shape index (κ2) is 8.39. The molecule has 1 atom stereocenters. The molecule has 2 saturated heterocycles. The number of hydrogen-bond donors (Lipinski definition) is 1. The smallest absolute Gasteiger partial charge is 0.230 e. The maximum Gasteiger partial charge on any atom is 0.230 e. The minimum Gasteiger partial charge on any atom is -0.381 e. The third-order valence-electron chi connectivity index (χ3n) is 4.39. The Kier molecular flexibility index (Phi) is 8.36. The highest BCUT2D eigenvalue weighted by Gasteiger charge is 2.43. The van der Waals surface area contributed by atoms with Gasteiger partial charge in [0.15, 0.2) is 0 Å². The fourth-order valence-electron chi connectivity index (χ4n) is 3.01. The predicted octanol–water partition coefficient (Wildman–Crippen LogP) is 0.748. The van der Waals surface area contributed by atoms with Gasteiger partial charge >= 0.3 is 0 Å². The van der Waals surface area contributed by atoms with Gasteiger partial charge in [-0.25, -0.2) is 0 Å². The second-order valence-corrected chi connectivity index (χ2v) is 5.71. The molecule has 0 bridgehead atoms. The molecule has 0 spiro atoms. The van der Waals surface area contributed by atoms with E-state index in [1.165, 1.54) is 0 Å². The summed E-state index contributed by atoms with van der Waals surface area (Å²) in [5.41, 5.74) is 5.53. The molecule has 7 heteroatoms. The largest absolute Gasteiger partial charge is 0.381 e. The summed E-state index contributed by atoms with van der Waals surface area (Å²) in [5, 5.41) is 0. The minimum atomic E-state index is -0.373. The zero-order valence-corrected chi connectivity index (χ0v) is 14.0. The Bertz CT molecular complexity index is 312. The van der Waals surface area contributed by atoms with E-state index in [2.05, 4.69) is 18.9 Å². The summed E-state index contributed by atoms with van der Waals surface area (Å²) >= 11 is 0. The van der Waals surface area contributed by atoms with Crippen molar-refractivity contribution in [2.24, 2.45) is 11.1 Å². The van der Waals surface area contributed by atoms with Crippen molar-refractivity contribution in [2.75, 3.05) is 46.4 Å². The van der Waals surface area contributed by atoms with E-state index in [1.807, 2.05) is 4.90 Å². The van der Waals surface area contributed by atoms with Gasteiger partial charge in [0.25, 0.3) is 0 Å². The highest BCUT2D eigenvalue weighted by Crippen LogP contribution is 2.32. The molecule has 0 aromatic rings. The molecular formula is C13H27Cl2N3O2. The van der Waals surface area contributed by atoms with Gasteiger partial charge in [-0.3, -0.25) is 4.79 Å². The van der Waals surface area contributed by atoms with E-state index >= 15 is 0 Å². The van der Waals surface area contributed by atoms with E-state index in [4.69, 9.17) is 10.5 Å². The molecule has 2 heterocycles. The van der Waals surface area contributed by atoms with Crippen molar-refractivity contribution in [3.05, 3.63) is 0 Å². The molecule has 2 aliphatic heterocycles. The van der Waals surface area contributed by atoms with Crippen LogP contribution in [0.15, 0.2) is 0 Å². The molecule has 5 nitrogen and oxygen atoms in total. The van der Waals surface area contributed by atoms with Gasteiger partial charge in [0.2, 0.25) is 5.91 Å². The first-order valence-electron chi connectivity index (χ1n) is 6.86. The van der Waals surface area contributed by atoms with Crippen molar-refractivity contribution in [1.29, 1.82) is 0 Å². The van der Waals surface area contributed by atoms with E-state index in [9.17, 15) is 4.79 Å². The topological polar surface area (TPSA) is 58.8 Å². The summed E-state index contributed by atoms with van der Waals surface area (Å²) in [5.74, 6) is 0.244. The molecule has 0 aliphatic carbocycles. The maximum atomic E-state index is 12.8. The molecule has 2 fully saturated rings. The van der Waals surface area contributed by atoms with Crippen molar-refractivity contribution in [1.82, 2.24) is 9.80 Å². The van der Waals surface area contributed by atoms with Gasteiger partial charge in [0.05, 0.1) is 5.41 Å². The average Bonchev–Trinajstić information content (AvgIpc) is 2.39. The summed E-state index contributed by atoms with van der Waals surface area (Å²) < 4.78 is 5.37. The van der Waals surface area contributed by atoms with Crippen LogP contribution in [0.2, 0.25) is 0 Å². The maximum absolute atomic E-state index is 12.8. The van der Waals surface area contributed by atoms with Gasteiger partial charge in [-0.2, -0.15) is 0 Å².